The van der Waals surface area contributed by atoms with Crippen LogP contribution < -0.4 is 16.0 Å². The molecule has 29 heavy (non-hydrogen) atoms. The van der Waals surface area contributed by atoms with Gasteiger partial charge in [0.25, 0.3) is 5.91 Å². The maximum Gasteiger partial charge on any atom is 0.272 e. The first kappa shape index (κ1) is 22.3. The van der Waals surface area contributed by atoms with Gasteiger partial charge in [-0.1, -0.05) is 38.1 Å². The number of fused-ring (bicyclic) bond motifs is 1. The third-order valence-electron chi connectivity index (χ3n) is 5.16. The highest BCUT2D eigenvalue weighted by molar-refractivity contribution is 6.12. The van der Waals surface area contributed by atoms with Gasteiger partial charge in [-0.2, -0.15) is 0 Å². The Balaban J connectivity index is 2.33. The molecule has 1 aromatic rings. The van der Waals surface area contributed by atoms with Gasteiger partial charge in [0.05, 0.1) is 17.5 Å². The fourth-order valence-electron chi connectivity index (χ4n) is 3.65. The van der Waals surface area contributed by atoms with E-state index in [-0.39, 0.29) is 11.8 Å². The summed E-state index contributed by atoms with van der Waals surface area (Å²) in [6.07, 6.45) is 1.28. The number of rotatable bonds is 8. The average Bonchev–Trinajstić information content (AvgIpc) is 2.75. The Morgan fingerprint density at radius 1 is 1.31 bits per heavy atom. The number of carbonyl (C=O) groups is 3. The Morgan fingerprint density at radius 2 is 1.97 bits per heavy atom. The zero-order valence-electron chi connectivity index (χ0n) is 17.5. The normalized spacial score (nSPS) is 18.4. The number of anilines is 1. The molecule has 1 unspecified atom stereocenters. The van der Waals surface area contributed by atoms with Gasteiger partial charge in [-0.3, -0.25) is 19.4 Å². The highest BCUT2D eigenvalue weighted by Gasteiger charge is 2.36. The van der Waals surface area contributed by atoms with E-state index in [0.29, 0.717) is 18.6 Å². The molecule has 1 aromatic carbocycles. The van der Waals surface area contributed by atoms with Crippen LogP contribution in [0.1, 0.15) is 39.2 Å². The van der Waals surface area contributed by atoms with Crippen LogP contribution in [0, 0.1) is 17.8 Å². The second-order valence-electron chi connectivity index (χ2n) is 7.81. The van der Waals surface area contributed by atoms with Crippen molar-refractivity contribution < 1.29 is 14.4 Å². The van der Waals surface area contributed by atoms with Crippen LogP contribution in [0.3, 0.4) is 0 Å². The Kier molecular flexibility index (Phi) is 7.31. The van der Waals surface area contributed by atoms with Crippen molar-refractivity contribution in [3.05, 3.63) is 42.5 Å². The minimum atomic E-state index is -1.06. The number of nitrogens with one attached hydrogen (secondary N) is 1. The van der Waals surface area contributed by atoms with Gasteiger partial charge in [0, 0.05) is 18.3 Å². The summed E-state index contributed by atoms with van der Waals surface area (Å²) >= 11 is 0. The molecule has 156 valence electrons. The molecule has 0 saturated heterocycles. The van der Waals surface area contributed by atoms with E-state index in [1.165, 1.54) is 4.90 Å². The number of benzodiazepines with no additional fused rings is 1. The monoisotopic (exact) mass is 398 g/mol. The van der Waals surface area contributed by atoms with Crippen LogP contribution in [-0.4, -0.2) is 36.6 Å². The number of para-hydroxylation sites is 1. The molecule has 2 rings (SSSR count). The summed E-state index contributed by atoms with van der Waals surface area (Å²) in [7, 11) is 1.66. The lowest BCUT2D eigenvalue weighted by atomic mass is 9.82. The summed E-state index contributed by atoms with van der Waals surface area (Å²) in [5.74, 6) is -2.48. The number of nitrogens with two attached hydrogens (primary N) is 1. The highest BCUT2D eigenvalue weighted by Crippen LogP contribution is 2.27. The predicted octanol–water partition coefficient (Wildman–Crippen LogP) is 2.25. The molecule has 0 radical (unpaired) electrons. The van der Waals surface area contributed by atoms with Gasteiger partial charge in [-0.15, -0.1) is 6.58 Å². The van der Waals surface area contributed by atoms with E-state index >= 15 is 0 Å². The Bertz CT molecular complexity index is 831. The van der Waals surface area contributed by atoms with Crippen LogP contribution >= 0.6 is 0 Å². The minimum absolute atomic E-state index is 0.166. The molecule has 1 aliphatic heterocycles. The van der Waals surface area contributed by atoms with Crippen molar-refractivity contribution in [3.8, 4) is 0 Å². The molecule has 0 fully saturated rings. The molecule has 3 amide bonds. The summed E-state index contributed by atoms with van der Waals surface area (Å²) < 4.78 is 0. The molecule has 0 spiro atoms. The third kappa shape index (κ3) is 5.10. The molecule has 0 saturated carbocycles. The number of amides is 3. The molecule has 3 N–H and O–H groups in total. The number of carbonyl (C=O) groups excluding carboxylic acids is 3. The van der Waals surface area contributed by atoms with Crippen LogP contribution in [0.25, 0.3) is 0 Å². The molecule has 7 nitrogen and oxygen atoms in total. The van der Waals surface area contributed by atoms with Gasteiger partial charge in [0.15, 0.2) is 0 Å². The van der Waals surface area contributed by atoms with E-state index in [0.717, 1.165) is 11.3 Å². The Labute approximate surface area is 172 Å². The first-order valence-corrected chi connectivity index (χ1v) is 9.79. The number of allylic oxidation sites excluding steroid dienone is 1. The Morgan fingerprint density at radius 3 is 2.55 bits per heavy atom. The van der Waals surface area contributed by atoms with Crippen LogP contribution in [0.15, 0.2) is 41.9 Å². The zero-order chi connectivity index (χ0) is 21.7. The van der Waals surface area contributed by atoms with Gasteiger partial charge >= 0.3 is 0 Å². The van der Waals surface area contributed by atoms with Gasteiger partial charge < -0.3 is 16.0 Å². The van der Waals surface area contributed by atoms with E-state index in [1.807, 2.05) is 38.1 Å². The van der Waals surface area contributed by atoms with Gasteiger partial charge in [0.2, 0.25) is 18.0 Å². The lowest BCUT2D eigenvalue weighted by Gasteiger charge is -2.27. The smallest absolute Gasteiger partial charge is 0.272 e. The summed E-state index contributed by atoms with van der Waals surface area (Å²) in [5.41, 5.74) is 7.78. The van der Waals surface area contributed by atoms with E-state index in [9.17, 15) is 14.4 Å². The van der Waals surface area contributed by atoms with E-state index < -0.39 is 29.8 Å². The van der Waals surface area contributed by atoms with E-state index in [2.05, 4.69) is 16.9 Å². The highest BCUT2D eigenvalue weighted by atomic mass is 16.2. The van der Waals surface area contributed by atoms with Gasteiger partial charge in [-0.05, 0) is 31.7 Å². The number of aliphatic imine (C=N–C) groups is 1. The molecule has 0 bridgehead atoms. The topological polar surface area (TPSA) is 105 Å². The maximum atomic E-state index is 13.1. The summed E-state index contributed by atoms with van der Waals surface area (Å²) in [6, 6.07) is 7.45. The Hall–Kier alpha value is -2.96. The van der Waals surface area contributed by atoms with Crippen LogP contribution in [0.2, 0.25) is 0 Å². The van der Waals surface area contributed by atoms with Crippen molar-refractivity contribution >= 4 is 29.1 Å². The first-order chi connectivity index (χ1) is 13.7. The molecule has 1 heterocycles. The van der Waals surface area contributed by atoms with Crippen molar-refractivity contribution in [2.75, 3.05) is 11.9 Å². The van der Waals surface area contributed by atoms with Crippen LogP contribution in [0.4, 0.5) is 5.69 Å². The summed E-state index contributed by atoms with van der Waals surface area (Å²) in [6.45, 7) is 9.41. The first-order valence-electron chi connectivity index (χ1n) is 9.79. The molecule has 7 heteroatoms. The largest absolute Gasteiger partial charge is 0.369 e. The average molecular weight is 399 g/mol. The van der Waals surface area contributed by atoms with E-state index in [1.54, 1.807) is 20.0 Å². The van der Waals surface area contributed by atoms with Crippen molar-refractivity contribution in [1.82, 2.24) is 5.32 Å². The number of hydrogen-bond acceptors (Lipinski definition) is 4. The fourth-order valence-corrected chi connectivity index (χ4v) is 3.65. The SMILES string of the molecule is C=CC[C@H](C(N)=O)[C@@H](CC(C)C)C(=O)NC1N=C(C)c2ccccc2N(C)C1=O. The summed E-state index contributed by atoms with van der Waals surface area (Å²) in [4.78, 5) is 44.0. The molecule has 0 aromatic heterocycles. The lowest BCUT2D eigenvalue weighted by Crippen LogP contribution is -2.50. The van der Waals surface area contributed by atoms with Crippen LogP contribution in [-0.2, 0) is 14.4 Å². The molecule has 0 aliphatic carbocycles. The number of primary amides is 1. The van der Waals surface area contributed by atoms with Crippen molar-refractivity contribution in [1.29, 1.82) is 0 Å². The van der Waals surface area contributed by atoms with Crippen LogP contribution in [0.5, 0.6) is 0 Å². The minimum Gasteiger partial charge on any atom is -0.369 e. The van der Waals surface area contributed by atoms with Gasteiger partial charge in [0.1, 0.15) is 0 Å². The van der Waals surface area contributed by atoms with Crippen molar-refractivity contribution in [3.63, 3.8) is 0 Å². The molecule has 1 aliphatic rings. The van der Waals surface area contributed by atoms with Crippen molar-refractivity contribution in [2.45, 2.75) is 39.8 Å². The zero-order valence-corrected chi connectivity index (χ0v) is 17.5. The second kappa shape index (κ2) is 9.49. The number of hydrogen-bond donors (Lipinski definition) is 2. The summed E-state index contributed by atoms with van der Waals surface area (Å²) in [5, 5.41) is 2.74. The van der Waals surface area contributed by atoms with Gasteiger partial charge in [-0.25, -0.2) is 0 Å². The quantitative estimate of drug-likeness (QED) is 0.656. The molecule has 3 atom stereocenters. The number of benzene rings is 1. The third-order valence-corrected chi connectivity index (χ3v) is 5.16. The fraction of sp³-hybridized carbons (Fsp3) is 0.455. The maximum absolute atomic E-state index is 13.1. The second-order valence-corrected chi connectivity index (χ2v) is 7.81. The molecular weight excluding hydrogens is 368 g/mol. The molecular formula is C22H30N4O3. The lowest BCUT2D eigenvalue weighted by molar-refractivity contribution is -0.135. The predicted molar refractivity (Wildman–Crippen MR) is 114 cm³/mol. The number of likely N-dealkylation sites (N-methyl/N-ethyl adjacent to an activating group) is 1. The standard InChI is InChI=1S/C22H30N4O3/c1-6-9-16(19(23)27)17(12-13(2)3)21(28)25-20-22(29)26(5)18-11-8-7-10-15(18)14(4)24-20/h6-8,10-11,13,16-17,20H,1,9,12H2,2-5H3,(H2,23,27)(H,25,28)/t16-,17+,20?/m0/s1. The van der Waals surface area contributed by atoms with E-state index in [4.69, 9.17) is 5.73 Å². The number of nitrogens with zero attached hydrogens (tertiary/aromatic N) is 2. The van der Waals surface area contributed by atoms with Crippen molar-refractivity contribution in [2.24, 2.45) is 28.5 Å².